The third-order valence-corrected chi connectivity index (χ3v) is 48.7. The standard InChI is InChI=1S/C44H120N12O8Si9/c1-65(2,3)57-67(7,8)59-69(10,40-16-28-52-34-22-46)61-71(12,42-18-30-54-36-24-48)63-73(14,44-20-32-56-38-26-50)64-72(13,43-19-31-55-37-25-49)62-70(11,41-17-29-53-35-23-47)60-68(9,58-66(4,5)6)39-15-27-51-33-21-45/h51-56H,15-50H2,1-14H3. The van der Waals surface area contributed by atoms with Gasteiger partial charge in [0.25, 0.3) is 0 Å². The molecule has 0 saturated carbocycles. The summed E-state index contributed by atoms with van der Waals surface area (Å²) in [5.41, 5.74) is 35.5. The molecular formula is C44H120N12O8Si9. The fraction of sp³-hybridized carbons (Fsp3) is 1.00. The molecule has 0 aliphatic carbocycles. The average molecular weight is 1200 g/mol. The van der Waals surface area contributed by atoms with E-state index in [1.165, 1.54) is 0 Å². The van der Waals surface area contributed by atoms with Crippen LogP contribution in [0.3, 0.4) is 0 Å². The highest BCUT2D eigenvalue weighted by Crippen LogP contribution is 2.38. The summed E-state index contributed by atoms with van der Waals surface area (Å²) < 4.78 is 60.5. The molecule has 0 radical (unpaired) electrons. The van der Waals surface area contributed by atoms with Crippen LogP contribution in [-0.2, 0) is 32.9 Å². The highest BCUT2D eigenvalue weighted by atomic mass is 28.5. The van der Waals surface area contributed by atoms with E-state index >= 15 is 0 Å². The summed E-state index contributed by atoms with van der Waals surface area (Å²) in [7, 11) is -25.0. The number of nitrogens with two attached hydrogens (primary N) is 6. The van der Waals surface area contributed by atoms with Gasteiger partial charge in [-0.25, -0.2) is 0 Å². The molecule has 0 bridgehead atoms. The largest absolute Gasteiger partial charge is 0.437 e. The number of rotatable bonds is 52. The molecule has 73 heavy (non-hydrogen) atoms. The molecule has 0 aliphatic rings. The van der Waals surface area contributed by atoms with E-state index in [1.807, 2.05) is 0 Å². The van der Waals surface area contributed by atoms with Crippen molar-refractivity contribution in [1.29, 1.82) is 0 Å². The second-order valence-electron chi connectivity index (χ2n) is 23.1. The van der Waals surface area contributed by atoms with E-state index in [9.17, 15) is 0 Å². The zero-order valence-corrected chi connectivity index (χ0v) is 58.4. The van der Waals surface area contributed by atoms with E-state index in [0.29, 0.717) is 39.3 Å². The van der Waals surface area contributed by atoms with Crippen molar-refractivity contribution in [2.45, 2.75) is 166 Å². The predicted octanol–water partition coefficient (Wildman–Crippen LogP) is 3.55. The van der Waals surface area contributed by atoms with Gasteiger partial charge in [0.2, 0.25) is 0 Å². The zero-order valence-electron chi connectivity index (χ0n) is 49.4. The first-order chi connectivity index (χ1) is 34.0. The number of nitrogens with one attached hydrogen (secondary N) is 6. The van der Waals surface area contributed by atoms with Crippen molar-refractivity contribution in [3.8, 4) is 0 Å². The Bertz CT molecular complexity index is 1390. The number of hydrogen-bond acceptors (Lipinski definition) is 20. The Kier molecular flexibility index (Phi) is 39.3. The fourth-order valence-electron chi connectivity index (χ4n) is 9.52. The fourth-order valence-corrected chi connectivity index (χ4v) is 56.6. The van der Waals surface area contributed by atoms with Crippen LogP contribution in [-0.4, -0.2) is 194 Å². The van der Waals surface area contributed by atoms with Crippen LogP contribution in [0.1, 0.15) is 38.5 Å². The minimum atomic E-state index is -3.20. The quantitative estimate of drug-likeness (QED) is 0.0306. The van der Waals surface area contributed by atoms with Crippen molar-refractivity contribution in [2.75, 3.05) is 118 Å². The lowest BCUT2D eigenvalue weighted by molar-refractivity contribution is 0.243. The van der Waals surface area contributed by atoms with Gasteiger partial charge in [-0.1, -0.05) is 0 Å². The summed E-state index contributed by atoms with van der Waals surface area (Å²) in [6, 6.07) is 4.65. The Balaban J connectivity index is 7.91. The van der Waals surface area contributed by atoms with E-state index in [1.54, 1.807) is 0 Å². The summed E-state index contributed by atoms with van der Waals surface area (Å²) in [5.74, 6) is 0. The molecule has 0 rings (SSSR count). The molecule has 20 nitrogen and oxygen atoms in total. The second kappa shape index (κ2) is 38.7. The van der Waals surface area contributed by atoms with Crippen LogP contribution in [0.25, 0.3) is 0 Å². The summed E-state index contributed by atoms with van der Waals surface area (Å²) in [4.78, 5) is 0. The topological polar surface area (TPSA) is 302 Å². The summed E-state index contributed by atoms with van der Waals surface area (Å²) in [6.07, 6.45) is 5.25. The maximum atomic E-state index is 7.94. The van der Waals surface area contributed by atoms with E-state index in [0.717, 1.165) is 153 Å². The molecule has 440 valence electrons. The SMILES string of the molecule is C[Si](C)(C)O[Si](C)(C)O[Si](C)(CCCNCCN)O[Si](C)(CCCNCCN)O[Si](C)(CCCNCCN)O[Si](C)(CCCNCCN)O[Si](C)(CCCNCCN)O[Si](C)(CCCNCCN)O[Si](C)(C)C. The van der Waals surface area contributed by atoms with Gasteiger partial charge in [0.15, 0.2) is 16.6 Å². The lowest BCUT2D eigenvalue weighted by Crippen LogP contribution is -2.65. The third kappa shape index (κ3) is 39.2. The van der Waals surface area contributed by atoms with E-state index in [-0.39, 0.29) is 0 Å². The molecule has 0 aromatic rings. The van der Waals surface area contributed by atoms with Crippen molar-refractivity contribution < 1.29 is 32.9 Å². The maximum absolute atomic E-state index is 7.94. The highest BCUT2D eigenvalue weighted by molar-refractivity contribution is 6.94. The minimum Gasteiger partial charge on any atom is -0.437 e. The average Bonchev–Trinajstić information content (AvgIpc) is 3.23. The second-order valence-corrected chi connectivity index (χ2v) is 57.5. The third-order valence-electron chi connectivity index (χ3n) is 11.5. The number of hydrogen-bond donors (Lipinski definition) is 12. The van der Waals surface area contributed by atoms with Crippen LogP contribution in [0.5, 0.6) is 0 Å². The Morgan fingerprint density at radius 1 is 0.233 bits per heavy atom. The molecular weight excluding hydrogens is 1080 g/mol. The van der Waals surface area contributed by atoms with Crippen LogP contribution in [0.4, 0.5) is 0 Å². The summed E-state index contributed by atoms with van der Waals surface area (Å²) in [5, 5.41) is 21.1. The van der Waals surface area contributed by atoms with E-state index in [2.05, 4.69) is 124 Å². The van der Waals surface area contributed by atoms with Gasteiger partial charge >= 0.3 is 59.9 Å². The molecule has 0 aromatic carbocycles. The van der Waals surface area contributed by atoms with Gasteiger partial charge in [0.05, 0.1) is 0 Å². The van der Waals surface area contributed by atoms with Gasteiger partial charge in [-0.3, -0.25) is 0 Å². The maximum Gasteiger partial charge on any atom is 0.317 e. The molecule has 0 aliphatic heterocycles. The van der Waals surface area contributed by atoms with E-state index < -0.39 is 76.6 Å². The lowest BCUT2D eigenvalue weighted by atomic mass is 10.5. The molecule has 0 heterocycles. The first-order valence-corrected chi connectivity index (χ1v) is 52.9. The molecule has 6 atom stereocenters. The van der Waals surface area contributed by atoms with Crippen molar-refractivity contribution in [1.82, 2.24) is 31.9 Å². The van der Waals surface area contributed by atoms with Crippen LogP contribution in [0.15, 0.2) is 0 Å². The van der Waals surface area contributed by atoms with E-state index in [4.69, 9.17) is 67.3 Å². The van der Waals surface area contributed by atoms with Gasteiger partial charge in [-0.05, 0) is 206 Å². The van der Waals surface area contributed by atoms with Gasteiger partial charge in [-0.15, -0.1) is 0 Å². The van der Waals surface area contributed by atoms with Gasteiger partial charge in [-0.2, -0.15) is 0 Å². The van der Waals surface area contributed by atoms with Crippen LogP contribution in [0, 0.1) is 0 Å². The zero-order chi connectivity index (χ0) is 55.6. The molecule has 6 unspecified atom stereocenters. The molecule has 0 amide bonds. The Labute approximate surface area is 457 Å². The van der Waals surface area contributed by atoms with Crippen LogP contribution < -0.4 is 66.3 Å². The van der Waals surface area contributed by atoms with Gasteiger partial charge in [0.1, 0.15) is 0 Å². The normalized spacial score (nSPS) is 17.9. The van der Waals surface area contributed by atoms with Crippen LogP contribution in [0.2, 0.25) is 128 Å². The molecule has 0 fully saturated rings. The molecule has 18 N–H and O–H groups in total. The van der Waals surface area contributed by atoms with Crippen molar-refractivity contribution in [3.05, 3.63) is 0 Å². The van der Waals surface area contributed by atoms with Crippen LogP contribution >= 0.6 is 0 Å². The van der Waals surface area contributed by atoms with Crippen molar-refractivity contribution in [3.63, 3.8) is 0 Å². The molecule has 0 saturated heterocycles. The van der Waals surface area contributed by atoms with Gasteiger partial charge < -0.3 is 99.2 Å². The Hall–Kier alpha value is 1.15. The Morgan fingerprint density at radius 3 is 0.589 bits per heavy atom. The molecule has 29 heteroatoms. The van der Waals surface area contributed by atoms with Crippen molar-refractivity contribution in [2.24, 2.45) is 34.4 Å². The predicted molar refractivity (Wildman–Crippen MR) is 331 cm³/mol. The molecule has 0 aromatic heterocycles. The smallest absolute Gasteiger partial charge is 0.317 e. The van der Waals surface area contributed by atoms with Gasteiger partial charge in [0, 0.05) is 78.5 Å². The molecule has 0 spiro atoms. The first kappa shape index (κ1) is 74.2. The first-order valence-electron chi connectivity index (χ1n) is 28.1. The summed E-state index contributed by atoms with van der Waals surface area (Å²) >= 11 is 0. The monoisotopic (exact) mass is 1200 g/mol. The lowest BCUT2D eigenvalue weighted by Gasteiger charge is -2.48. The Morgan fingerprint density at radius 2 is 0.411 bits per heavy atom. The minimum absolute atomic E-state index is 0.570. The van der Waals surface area contributed by atoms with Crippen molar-refractivity contribution >= 4 is 76.6 Å². The highest BCUT2D eigenvalue weighted by Gasteiger charge is 2.55. The summed E-state index contributed by atoms with van der Waals surface area (Å²) in [6.45, 7) is 44.2.